The molecule has 2 fully saturated rings. The van der Waals surface area contributed by atoms with Gasteiger partial charge in [0.05, 0.1) is 91.4 Å². The van der Waals surface area contributed by atoms with Crippen molar-refractivity contribution in [3.63, 3.8) is 0 Å². The second-order valence-corrected chi connectivity index (χ2v) is 22.7. The van der Waals surface area contributed by atoms with Crippen molar-refractivity contribution in [2.45, 2.75) is 113 Å². The van der Waals surface area contributed by atoms with E-state index in [2.05, 4.69) is 41.1 Å². The summed E-state index contributed by atoms with van der Waals surface area (Å²) in [6, 6.07) is 10.8. The fourth-order valence-corrected chi connectivity index (χ4v) is 10.4. The summed E-state index contributed by atoms with van der Waals surface area (Å²) in [5.41, 5.74) is 16.7. The van der Waals surface area contributed by atoms with Gasteiger partial charge in [0.1, 0.15) is 29.5 Å². The molecular weight excluding hydrogens is 1050 g/mol. The molecule has 2 aromatic carbocycles. The van der Waals surface area contributed by atoms with Gasteiger partial charge in [-0.3, -0.25) is 24.0 Å². The van der Waals surface area contributed by atoms with E-state index in [4.69, 9.17) is 42.0 Å². The van der Waals surface area contributed by atoms with Gasteiger partial charge in [-0.1, -0.05) is 74.5 Å². The summed E-state index contributed by atoms with van der Waals surface area (Å²) < 4.78 is 22.1. The zero-order chi connectivity index (χ0) is 55.7. The lowest BCUT2D eigenvalue weighted by Gasteiger charge is -2.37. The predicted molar refractivity (Wildman–Crippen MR) is 297 cm³/mol. The minimum atomic E-state index is -0.994. The van der Waals surface area contributed by atoms with Crippen LogP contribution < -0.4 is 37.6 Å². The smallest absolute Gasteiger partial charge is 0.246 e. The number of nitrogens with two attached hydrogens (primary N) is 2. The average Bonchev–Trinajstić information content (AvgIpc) is 4.02. The number of nitrogens with zero attached hydrogens (tertiary/aromatic N) is 5. The molecule has 0 bridgehead atoms. The molecule has 2 aliphatic rings. The number of rotatable bonds is 27. The number of carbonyl (C=O) groups excluding carboxylic acids is 5. The number of anilines is 3. The molecule has 0 aliphatic carbocycles. The first-order chi connectivity index (χ1) is 36.7. The van der Waals surface area contributed by atoms with E-state index >= 15 is 0 Å². The maximum atomic E-state index is 14.0. The molecule has 77 heavy (non-hydrogen) atoms. The normalized spacial score (nSPS) is 17.2. The highest BCUT2D eigenvalue weighted by Crippen LogP contribution is 2.39. The SMILES string of the molecule is Cc1ncsc1-c1ccc([C@H](C)NC(=O)[C@@H]2C[C@@H](O)CN2C(=O)[C@@H](NC(=O)COCCOCCOCCOCCNC(=O)CCC(=O)Nc2cccc(Sc3ncc(N4CCC(C)(N)CC4)nc3N)c2Cl)C(C)(C)C)cc1. The molecule has 9 N–H and O–H groups in total. The van der Waals surface area contributed by atoms with Crippen LogP contribution in [0.15, 0.2) is 64.1 Å². The molecule has 2 saturated heterocycles. The maximum Gasteiger partial charge on any atom is 0.246 e. The van der Waals surface area contributed by atoms with Crippen LogP contribution in [0.5, 0.6) is 0 Å². The number of halogens is 1. The molecule has 4 atom stereocenters. The predicted octanol–water partition coefficient (Wildman–Crippen LogP) is 4.88. The molecule has 0 spiro atoms. The Labute approximate surface area is 463 Å². The molecule has 4 heterocycles. The van der Waals surface area contributed by atoms with E-state index in [1.165, 1.54) is 16.7 Å². The number of carbonyl (C=O) groups is 5. The van der Waals surface area contributed by atoms with Gasteiger partial charge in [-0.15, -0.1) is 11.3 Å². The average molecular weight is 1120 g/mol. The number of β-amino-alcohol motifs (C(OH)–C–C–N with tert-alkyl or cyclic N) is 1. The summed E-state index contributed by atoms with van der Waals surface area (Å²) in [5, 5.41) is 22.7. The van der Waals surface area contributed by atoms with Gasteiger partial charge in [-0.25, -0.2) is 15.0 Å². The number of piperidine rings is 1. The van der Waals surface area contributed by atoms with Crippen LogP contribution in [0.25, 0.3) is 10.4 Å². The molecule has 5 amide bonds. The molecule has 21 nitrogen and oxygen atoms in total. The summed E-state index contributed by atoms with van der Waals surface area (Å²) in [5.74, 6) is -1.08. The lowest BCUT2D eigenvalue weighted by atomic mass is 9.85. The van der Waals surface area contributed by atoms with Crippen LogP contribution in [0.4, 0.5) is 17.3 Å². The molecule has 2 aliphatic heterocycles. The molecule has 0 radical (unpaired) electrons. The number of amides is 5. The van der Waals surface area contributed by atoms with Crippen molar-refractivity contribution in [3.05, 3.63) is 70.5 Å². The lowest BCUT2D eigenvalue weighted by Crippen LogP contribution is -2.58. The number of aliphatic hydroxyl groups excluding tert-OH is 1. The van der Waals surface area contributed by atoms with E-state index in [0.717, 1.165) is 47.6 Å². The Morgan fingerprint density at radius 1 is 0.909 bits per heavy atom. The summed E-state index contributed by atoms with van der Waals surface area (Å²) >= 11 is 9.47. The van der Waals surface area contributed by atoms with E-state index in [-0.39, 0.29) is 101 Å². The number of hydrogen-bond donors (Lipinski definition) is 7. The molecule has 0 saturated carbocycles. The summed E-state index contributed by atoms with van der Waals surface area (Å²) in [7, 11) is 0. The Morgan fingerprint density at radius 3 is 2.19 bits per heavy atom. The first kappa shape index (κ1) is 60.7. The van der Waals surface area contributed by atoms with Crippen LogP contribution >= 0.6 is 34.7 Å². The second-order valence-electron chi connectivity index (χ2n) is 20.4. The van der Waals surface area contributed by atoms with Gasteiger partial charge in [-0.2, -0.15) is 0 Å². The number of hydrogen-bond acceptors (Lipinski definition) is 18. The first-order valence-corrected chi connectivity index (χ1v) is 27.9. The molecule has 4 aromatic rings. The molecule has 2 aromatic heterocycles. The maximum absolute atomic E-state index is 14.0. The van der Waals surface area contributed by atoms with Gasteiger partial charge < -0.3 is 66.6 Å². The van der Waals surface area contributed by atoms with Gasteiger partial charge in [0.2, 0.25) is 29.5 Å². The van der Waals surface area contributed by atoms with Crippen LogP contribution in [-0.4, -0.2) is 157 Å². The van der Waals surface area contributed by atoms with Crippen molar-refractivity contribution in [3.8, 4) is 10.4 Å². The van der Waals surface area contributed by atoms with Crippen molar-refractivity contribution >= 4 is 81.6 Å². The minimum absolute atomic E-state index is 0.0287. The lowest BCUT2D eigenvalue weighted by molar-refractivity contribution is -0.144. The highest BCUT2D eigenvalue weighted by atomic mass is 35.5. The number of ether oxygens (including phenoxy) is 4. The third kappa shape index (κ3) is 18.6. The Balaban J connectivity index is 0.778. The zero-order valence-electron chi connectivity index (χ0n) is 44.7. The minimum Gasteiger partial charge on any atom is -0.391 e. The summed E-state index contributed by atoms with van der Waals surface area (Å²) in [6.45, 7) is 14.5. The van der Waals surface area contributed by atoms with E-state index < -0.39 is 35.4 Å². The number of aliphatic hydroxyl groups is 1. The third-order valence-corrected chi connectivity index (χ3v) is 15.5. The van der Waals surface area contributed by atoms with E-state index in [0.29, 0.717) is 46.3 Å². The molecule has 6 rings (SSSR count). The highest BCUT2D eigenvalue weighted by molar-refractivity contribution is 7.99. The quantitative estimate of drug-likeness (QED) is 0.0392. The zero-order valence-corrected chi connectivity index (χ0v) is 47.1. The molecular formula is C53H74ClN11O10S2. The number of likely N-dealkylation sites (tertiary alicyclic amines) is 1. The van der Waals surface area contributed by atoms with Crippen molar-refractivity contribution in [2.75, 3.05) is 95.0 Å². The van der Waals surface area contributed by atoms with Crippen LogP contribution in [0.1, 0.15) is 84.0 Å². The Hall–Kier alpha value is -5.50. The van der Waals surface area contributed by atoms with Crippen LogP contribution in [0, 0.1) is 12.3 Å². The van der Waals surface area contributed by atoms with E-state index in [1.807, 2.05) is 65.8 Å². The van der Waals surface area contributed by atoms with Crippen molar-refractivity contribution < 1.29 is 48.0 Å². The molecule has 420 valence electrons. The van der Waals surface area contributed by atoms with Crippen molar-refractivity contribution in [2.24, 2.45) is 11.1 Å². The summed E-state index contributed by atoms with van der Waals surface area (Å²) in [6.07, 6.45) is 2.47. The number of aromatic nitrogens is 3. The topological polar surface area (TPSA) is 288 Å². The van der Waals surface area contributed by atoms with Crippen LogP contribution in [0.3, 0.4) is 0 Å². The number of benzene rings is 2. The number of nitrogens with one attached hydrogen (secondary N) is 4. The fourth-order valence-electron chi connectivity index (χ4n) is 8.48. The highest BCUT2D eigenvalue weighted by Gasteiger charge is 2.45. The standard InChI is InChI=1S/C53H74ClN11O10S2/c1-33(35-10-12-36(13-11-35)46-34(2)59-32-76-46)60-49(70)39-28-37(66)30-65(39)51(71)47(52(3,4)5)63-44(69)31-75-27-26-74-25-24-73-23-22-72-21-18-57-42(67)14-15-43(68)61-38-8-7-9-40(45(38)54)77-50-48(55)62-41(29-58-50)64-19-16-53(6,56)17-20-64/h7-13,29,32-33,37,39,47,66H,14-28,30-31,56H2,1-6H3,(H2,55,62)(H,57,67)(H,60,70)(H,61,68)(H,63,69)/t33-,37+,39-,47+/m0/s1. The van der Waals surface area contributed by atoms with Crippen molar-refractivity contribution in [1.82, 2.24) is 35.8 Å². The Bertz CT molecular complexity index is 2610. The monoisotopic (exact) mass is 1120 g/mol. The Morgan fingerprint density at radius 2 is 1.56 bits per heavy atom. The van der Waals surface area contributed by atoms with E-state index in [1.54, 1.807) is 41.2 Å². The molecule has 24 heteroatoms. The van der Waals surface area contributed by atoms with Gasteiger partial charge in [0, 0.05) is 55.9 Å². The van der Waals surface area contributed by atoms with Gasteiger partial charge in [0.15, 0.2) is 5.82 Å². The molecule has 0 unspecified atom stereocenters. The Kier molecular flexibility index (Phi) is 22.8. The van der Waals surface area contributed by atoms with Gasteiger partial charge >= 0.3 is 0 Å². The number of nitrogen functional groups attached to an aromatic ring is 1. The van der Waals surface area contributed by atoms with Gasteiger partial charge in [-0.05, 0) is 62.3 Å². The van der Waals surface area contributed by atoms with Gasteiger partial charge in [0.25, 0.3) is 0 Å². The second kappa shape index (κ2) is 28.9. The van der Waals surface area contributed by atoms with Crippen LogP contribution in [0.2, 0.25) is 5.02 Å². The third-order valence-electron chi connectivity index (χ3n) is 13.0. The number of aryl methyl sites for hydroxylation is 1. The van der Waals surface area contributed by atoms with Crippen molar-refractivity contribution in [1.29, 1.82) is 0 Å². The largest absolute Gasteiger partial charge is 0.391 e. The number of thiazole rings is 1. The fraction of sp³-hybridized carbons (Fsp3) is 0.547. The van der Waals surface area contributed by atoms with E-state index in [9.17, 15) is 29.1 Å². The summed E-state index contributed by atoms with van der Waals surface area (Å²) in [4.78, 5) is 84.4. The first-order valence-electron chi connectivity index (χ1n) is 25.8. The van der Waals surface area contributed by atoms with Crippen LogP contribution in [-0.2, 0) is 42.9 Å².